The first-order chi connectivity index (χ1) is 12.0. The third kappa shape index (κ3) is 4.08. The number of carbonyl (C=O) groups excluding carboxylic acids is 2. The van der Waals surface area contributed by atoms with Crippen molar-refractivity contribution in [2.45, 2.75) is 26.7 Å². The molecule has 0 aromatic heterocycles. The molecule has 0 saturated carbocycles. The third-order valence-corrected chi connectivity index (χ3v) is 4.85. The van der Waals surface area contributed by atoms with Crippen molar-refractivity contribution in [1.82, 2.24) is 5.32 Å². The van der Waals surface area contributed by atoms with Crippen LogP contribution in [0.15, 0.2) is 48.5 Å². The summed E-state index contributed by atoms with van der Waals surface area (Å²) >= 11 is 0. The summed E-state index contributed by atoms with van der Waals surface area (Å²) in [5, 5.41) is 2.97. The Hall–Kier alpha value is -2.62. The molecule has 0 unspecified atom stereocenters. The van der Waals surface area contributed by atoms with Crippen molar-refractivity contribution in [2.75, 3.05) is 18.0 Å². The Balaban J connectivity index is 1.56. The number of anilines is 1. The van der Waals surface area contributed by atoms with Crippen molar-refractivity contribution in [3.8, 4) is 0 Å². The predicted molar refractivity (Wildman–Crippen MR) is 99.5 cm³/mol. The van der Waals surface area contributed by atoms with Crippen LogP contribution in [0.25, 0.3) is 0 Å². The Kier molecular flexibility index (Phi) is 5.17. The van der Waals surface area contributed by atoms with Gasteiger partial charge in [-0.15, -0.1) is 0 Å². The predicted octanol–water partition coefficient (Wildman–Crippen LogP) is 3.02. The third-order valence-electron chi connectivity index (χ3n) is 4.85. The second-order valence-electron chi connectivity index (χ2n) is 6.70. The SMILES string of the molecule is Cc1ccc(N2C[C@H](C(=O)NCCc3ccccc3)CC2=O)cc1C. The van der Waals surface area contributed by atoms with Crippen LogP contribution in [0.5, 0.6) is 0 Å². The molecule has 4 heteroatoms. The van der Waals surface area contributed by atoms with Gasteiger partial charge in [-0.05, 0) is 49.1 Å². The summed E-state index contributed by atoms with van der Waals surface area (Å²) in [6.07, 6.45) is 1.08. The summed E-state index contributed by atoms with van der Waals surface area (Å²) < 4.78 is 0. The number of benzene rings is 2. The normalized spacial score (nSPS) is 17.0. The highest BCUT2D eigenvalue weighted by atomic mass is 16.2. The van der Waals surface area contributed by atoms with Crippen molar-refractivity contribution >= 4 is 17.5 Å². The van der Waals surface area contributed by atoms with E-state index < -0.39 is 0 Å². The van der Waals surface area contributed by atoms with E-state index in [1.54, 1.807) is 4.90 Å². The monoisotopic (exact) mass is 336 g/mol. The van der Waals surface area contributed by atoms with E-state index in [9.17, 15) is 9.59 Å². The highest BCUT2D eigenvalue weighted by Crippen LogP contribution is 2.26. The molecule has 130 valence electrons. The van der Waals surface area contributed by atoms with Gasteiger partial charge in [-0.25, -0.2) is 0 Å². The Morgan fingerprint density at radius 1 is 1.12 bits per heavy atom. The summed E-state index contributed by atoms with van der Waals surface area (Å²) in [5.74, 6) is -0.285. The Morgan fingerprint density at radius 2 is 1.88 bits per heavy atom. The number of nitrogens with zero attached hydrogens (tertiary/aromatic N) is 1. The minimum atomic E-state index is -0.273. The number of nitrogens with one attached hydrogen (secondary N) is 1. The van der Waals surface area contributed by atoms with E-state index in [1.807, 2.05) is 62.4 Å². The van der Waals surface area contributed by atoms with Gasteiger partial charge in [0.2, 0.25) is 11.8 Å². The standard InChI is InChI=1S/C21H24N2O2/c1-15-8-9-19(12-16(15)2)23-14-18(13-20(23)24)21(25)22-11-10-17-6-4-3-5-7-17/h3-9,12,18H,10-11,13-14H2,1-2H3,(H,22,25)/t18-/m1/s1. The van der Waals surface area contributed by atoms with E-state index in [4.69, 9.17) is 0 Å². The first kappa shape index (κ1) is 17.2. The van der Waals surface area contributed by atoms with Gasteiger partial charge in [0.15, 0.2) is 0 Å². The van der Waals surface area contributed by atoms with Crippen LogP contribution in [0.4, 0.5) is 5.69 Å². The molecule has 4 nitrogen and oxygen atoms in total. The Labute approximate surface area is 148 Å². The van der Waals surface area contributed by atoms with E-state index in [2.05, 4.69) is 5.32 Å². The number of aryl methyl sites for hydroxylation is 2. The molecule has 1 atom stereocenters. The summed E-state index contributed by atoms with van der Waals surface area (Å²) in [5.41, 5.74) is 4.43. The molecule has 0 bridgehead atoms. The van der Waals surface area contributed by atoms with Crippen molar-refractivity contribution in [2.24, 2.45) is 5.92 Å². The number of hydrogen-bond donors (Lipinski definition) is 1. The van der Waals surface area contributed by atoms with E-state index in [1.165, 1.54) is 11.1 Å². The molecule has 3 rings (SSSR count). The summed E-state index contributed by atoms with van der Waals surface area (Å²) in [6.45, 7) is 5.14. The molecule has 1 fully saturated rings. The first-order valence-corrected chi connectivity index (χ1v) is 8.74. The van der Waals surface area contributed by atoms with Crippen molar-refractivity contribution in [1.29, 1.82) is 0 Å². The van der Waals surface area contributed by atoms with Crippen LogP contribution in [0.3, 0.4) is 0 Å². The molecule has 0 radical (unpaired) electrons. The number of rotatable bonds is 5. The van der Waals surface area contributed by atoms with Gasteiger partial charge < -0.3 is 10.2 Å². The quantitative estimate of drug-likeness (QED) is 0.912. The molecule has 1 aliphatic rings. The van der Waals surface area contributed by atoms with Crippen LogP contribution in [-0.2, 0) is 16.0 Å². The second-order valence-corrected chi connectivity index (χ2v) is 6.70. The largest absolute Gasteiger partial charge is 0.355 e. The maximum absolute atomic E-state index is 12.4. The molecular weight excluding hydrogens is 312 g/mol. The smallest absolute Gasteiger partial charge is 0.227 e. The molecule has 1 aliphatic heterocycles. The zero-order valence-corrected chi connectivity index (χ0v) is 14.8. The summed E-state index contributed by atoms with van der Waals surface area (Å²) in [7, 11) is 0. The van der Waals surface area contributed by atoms with E-state index >= 15 is 0 Å². The Morgan fingerprint density at radius 3 is 2.60 bits per heavy atom. The van der Waals surface area contributed by atoms with Crippen molar-refractivity contribution < 1.29 is 9.59 Å². The average Bonchev–Trinajstić information content (AvgIpc) is 3.00. The summed E-state index contributed by atoms with van der Waals surface area (Å²) in [6, 6.07) is 16.1. The topological polar surface area (TPSA) is 49.4 Å². The fourth-order valence-electron chi connectivity index (χ4n) is 3.15. The first-order valence-electron chi connectivity index (χ1n) is 8.74. The lowest BCUT2D eigenvalue weighted by Crippen LogP contribution is -2.34. The number of carbonyl (C=O) groups is 2. The molecule has 1 heterocycles. The minimum Gasteiger partial charge on any atom is -0.355 e. The fraction of sp³-hybridized carbons (Fsp3) is 0.333. The number of hydrogen-bond acceptors (Lipinski definition) is 2. The van der Waals surface area contributed by atoms with Crippen LogP contribution in [-0.4, -0.2) is 24.9 Å². The summed E-state index contributed by atoms with van der Waals surface area (Å²) in [4.78, 5) is 26.4. The molecule has 0 spiro atoms. The molecule has 2 aromatic rings. The van der Waals surface area contributed by atoms with Gasteiger partial charge in [0.1, 0.15) is 0 Å². The molecule has 1 N–H and O–H groups in total. The van der Waals surface area contributed by atoms with Gasteiger partial charge in [-0.3, -0.25) is 9.59 Å². The number of amides is 2. The zero-order valence-electron chi connectivity index (χ0n) is 14.8. The van der Waals surface area contributed by atoms with Gasteiger partial charge in [0, 0.05) is 25.2 Å². The van der Waals surface area contributed by atoms with Gasteiger partial charge >= 0.3 is 0 Å². The van der Waals surface area contributed by atoms with Gasteiger partial charge in [0.05, 0.1) is 5.92 Å². The van der Waals surface area contributed by atoms with Gasteiger partial charge in [-0.2, -0.15) is 0 Å². The zero-order chi connectivity index (χ0) is 17.8. The lowest BCUT2D eigenvalue weighted by molar-refractivity contribution is -0.126. The fourth-order valence-corrected chi connectivity index (χ4v) is 3.15. The van der Waals surface area contributed by atoms with Gasteiger partial charge in [-0.1, -0.05) is 36.4 Å². The molecular formula is C21H24N2O2. The molecule has 25 heavy (non-hydrogen) atoms. The molecule has 2 aromatic carbocycles. The maximum atomic E-state index is 12.4. The lowest BCUT2D eigenvalue weighted by Gasteiger charge is -2.18. The van der Waals surface area contributed by atoms with E-state index in [0.717, 1.165) is 17.7 Å². The van der Waals surface area contributed by atoms with Gasteiger partial charge in [0.25, 0.3) is 0 Å². The lowest BCUT2D eigenvalue weighted by atomic mass is 10.1. The van der Waals surface area contributed by atoms with Crippen molar-refractivity contribution in [3.05, 3.63) is 65.2 Å². The minimum absolute atomic E-state index is 0.0199. The van der Waals surface area contributed by atoms with E-state index in [0.29, 0.717) is 13.1 Å². The average molecular weight is 336 g/mol. The molecule has 1 saturated heterocycles. The van der Waals surface area contributed by atoms with Crippen LogP contribution < -0.4 is 10.2 Å². The van der Waals surface area contributed by atoms with Crippen LogP contribution >= 0.6 is 0 Å². The molecule has 2 amide bonds. The molecule has 0 aliphatic carbocycles. The van der Waals surface area contributed by atoms with Crippen molar-refractivity contribution in [3.63, 3.8) is 0 Å². The Bertz CT molecular complexity index is 771. The van der Waals surface area contributed by atoms with Crippen LogP contribution in [0.2, 0.25) is 0 Å². The maximum Gasteiger partial charge on any atom is 0.227 e. The van der Waals surface area contributed by atoms with E-state index in [-0.39, 0.29) is 24.2 Å². The second kappa shape index (κ2) is 7.51. The highest BCUT2D eigenvalue weighted by Gasteiger charge is 2.35. The van der Waals surface area contributed by atoms with Crippen LogP contribution in [0, 0.1) is 19.8 Å². The highest BCUT2D eigenvalue weighted by molar-refractivity contribution is 6.00. The van der Waals surface area contributed by atoms with Crippen LogP contribution in [0.1, 0.15) is 23.1 Å².